The fourth-order valence-electron chi connectivity index (χ4n) is 2.93. The molecule has 1 saturated carbocycles. The lowest BCUT2D eigenvalue weighted by molar-refractivity contribution is 0.618. The second-order valence-corrected chi connectivity index (χ2v) is 5.87. The first-order valence-electron chi connectivity index (χ1n) is 6.98. The third-order valence-corrected chi connectivity index (χ3v) is 4.29. The first-order valence-corrected chi connectivity index (χ1v) is 7.35. The lowest BCUT2D eigenvalue weighted by Crippen LogP contribution is -2.19. The Bertz CT molecular complexity index is 651. The van der Waals surface area contributed by atoms with E-state index in [1.165, 1.54) is 12.8 Å². The Morgan fingerprint density at radius 2 is 1.90 bits per heavy atom. The zero-order chi connectivity index (χ0) is 14.1. The first kappa shape index (κ1) is 13.3. The third kappa shape index (κ3) is 2.48. The molecule has 4 nitrogen and oxygen atoms in total. The number of halogens is 1. The topological polar surface area (TPSA) is 63.8 Å². The molecule has 2 aromatic rings. The van der Waals surface area contributed by atoms with Crippen LogP contribution >= 0.6 is 11.6 Å². The molecule has 0 saturated heterocycles. The average Bonchev–Trinajstić information content (AvgIpc) is 3.05. The maximum Gasteiger partial charge on any atom is 0.290 e. The number of aromatic amines is 1. The normalized spacial score (nSPS) is 15.8. The van der Waals surface area contributed by atoms with Crippen molar-refractivity contribution in [1.29, 1.82) is 0 Å². The van der Waals surface area contributed by atoms with Crippen molar-refractivity contribution in [1.82, 2.24) is 9.78 Å². The second kappa shape index (κ2) is 5.37. The van der Waals surface area contributed by atoms with Gasteiger partial charge in [-0.25, -0.2) is 4.68 Å². The molecule has 0 bridgehead atoms. The molecule has 5 heteroatoms. The van der Waals surface area contributed by atoms with Crippen LogP contribution < -0.4 is 11.3 Å². The van der Waals surface area contributed by atoms with Crippen molar-refractivity contribution in [3.05, 3.63) is 50.9 Å². The minimum absolute atomic E-state index is 0.123. The number of H-pyrrole nitrogens is 1. The van der Waals surface area contributed by atoms with Gasteiger partial charge < -0.3 is 5.73 Å². The zero-order valence-electron chi connectivity index (χ0n) is 11.2. The molecule has 0 atom stereocenters. The number of aromatic nitrogens is 2. The van der Waals surface area contributed by atoms with Gasteiger partial charge in [0.1, 0.15) is 5.69 Å². The van der Waals surface area contributed by atoms with E-state index in [1.807, 2.05) is 24.3 Å². The van der Waals surface area contributed by atoms with Crippen molar-refractivity contribution in [3.8, 4) is 0 Å². The van der Waals surface area contributed by atoms with Crippen LogP contribution in [0.25, 0.3) is 0 Å². The van der Waals surface area contributed by atoms with Gasteiger partial charge in [-0.3, -0.25) is 9.89 Å². The predicted octanol–water partition coefficient (Wildman–Crippen LogP) is 3.12. The number of nitrogen functional groups attached to an aromatic ring is 1. The van der Waals surface area contributed by atoms with Gasteiger partial charge in [0, 0.05) is 10.9 Å². The van der Waals surface area contributed by atoms with Crippen LogP contribution in [0.15, 0.2) is 29.1 Å². The average molecular weight is 292 g/mol. The van der Waals surface area contributed by atoms with Crippen LogP contribution in [0.1, 0.15) is 42.9 Å². The standard InChI is InChI=1S/C15H18ClN3O/c16-12-7-5-10(6-8-12)9-19-15(20)13(17)14(18-19)11-3-1-2-4-11/h5-8,11,18H,1-4,9,17H2. The highest BCUT2D eigenvalue weighted by Gasteiger charge is 2.23. The molecule has 1 aromatic heterocycles. The van der Waals surface area contributed by atoms with E-state index < -0.39 is 0 Å². The Hall–Kier alpha value is -1.68. The van der Waals surface area contributed by atoms with E-state index >= 15 is 0 Å². The number of nitrogens with one attached hydrogen (secondary N) is 1. The first-order chi connectivity index (χ1) is 9.65. The molecule has 0 unspecified atom stereocenters. The molecule has 1 heterocycles. The van der Waals surface area contributed by atoms with Crippen molar-refractivity contribution in [2.24, 2.45) is 0 Å². The fraction of sp³-hybridized carbons (Fsp3) is 0.400. The summed E-state index contributed by atoms with van der Waals surface area (Å²) >= 11 is 5.87. The monoisotopic (exact) mass is 291 g/mol. The Labute approximate surface area is 122 Å². The molecule has 106 valence electrons. The highest BCUT2D eigenvalue weighted by molar-refractivity contribution is 6.30. The molecule has 1 aromatic carbocycles. The summed E-state index contributed by atoms with van der Waals surface area (Å²) in [7, 11) is 0. The summed E-state index contributed by atoms with van der Waals surface area (Å²) in [5.41, 5.74) is 8.17. The van der Waals surface area contributed by atoms with E-state index in [9.17, 15) is 4.79 Å². The van der Waals surface area contributed by atoms with E-state index in [4.69, 9.17) is 17.3 Å². The highest BCUT2D eigenvalue weighted by atomic mass is 35.5. The maximum atomic E-state index is 12.2. The van der Waals surface area contributed by atoms with Crippen LogP contribution in [0.2, 0.25) is 5.02 Å². The van der Waals surface area contributed by atoms with Gasteiger partial charge >= 0.3 is 0 Å². The van der Waals surface area contributed by atoms with Crippen molar-refractivity contribution in [2.75, 3.05) is 5.73 Å². The maximum absolute atomic E-state index is 12.2. The number of benzene rings is 1. The van der Waals surface area contributed by atoms with Gasteiger partial charge in [0.2, 0.25) is 0 Å². The van der Waals surface area contributed by atoms with Gasteiger partial charge in [-0.05, 0) is 30.5 Å². The number of hydrogen-bond acceptors (Lipinski definition) is 2. The van der Waals surface area contributed by atoms with Crippen LogP contribution in [0, 0.1) is 0 Å². The van der Waals surface area contributed by atoms with Crippen LogP contribution in [-0.2, 0) is 6.54 Å². The Balaban J connectivity index is 1.88. The Morgan fingerprint density at radius 1 is 1.25 bits per heavy atom. The number of nitrogens with two attached hydrogens (primary N) is 1. The van der Waals surface area contributed by atoms with E-state index in [0.717, 1.165) is 24.1 Å². The largest absolute Gasteiger partial charge is 0.393 e. The molecule has 0 radical (unpaired) electrons. The minimum atomic E-state index is -0.123. The van der Waals surface area contributed by atoms with Gasteiger partial charge in [0.15, 0.2) is 0 Å². The van der Waals surface area contributed by atoms with Crippen molar-refractivity contribution in [3.63, 3.8) is 0 Å². The number of anilines is 1. The lowest BCUT2D eigenvalue weighted by atomic mass is 10.0. The Kier molecular flexibility index (Phi) is 3.57. The zero-order valence-corrected chi connectivity index (χ0v) is 12.0. The Morgan fingerprint density at radius 3 is 2.55 bits per heavy atom. The molecular weight excluding hydrogens is 274 g/mol. The molecule has 1 aliphatic rings. The summed E-state index contributed by atoms with van der Waals surface area (Å²) in [6.07, 6.45) is 4.67. The second-order valence-electron chi connectivity index (χ2n) is 5.44. The number of rotatable bonds is 3. The predicted molar refractivity (Wildman–Crippen MR) is 81.2 cm³/mol. The SMILES string of the molecule is Nc1c(C2CCCC2)[nH]n(Cc2ccc(Cl)cc2)c1=O. The summed E-state index contributed by atoms with van der Waals surface area (Å²) in [6, 6.07) is 7.49. The van der Waals surface area contributed by atoms with E-state index in [1.54, 1.807) is 4.68 Å². The van der Waals surface area contributed by atoms with Crippen molar-refractivity contribution < 1.29 is 0 Å². The molecular formula is C15H18ClN3O. The molecule has 0 aliphatic heterocycles. The molecule has 1 aliphatic carbocycles. The van der Waals surface area contributed by atoms with Crippen molar-refractivity contribution in [2.45, 2.75) is 38.1 Å². The summed E-state index contributed by atoms with van der Waals surface area (Å²) < 4.78 is 1.59. The van der Waals surface area contributed by atoms with Crippen molar-refractivity contribution >= 4 is 17.3 Å². The fourth-order valence-corrected chi connectivity index (χ4v) is 3.05. The number of nitrogens with zero attached hydrogens (tertiary/aromatic N) is 1. The van der Waals surface area contributed by atoms with Crippen LogP contribution in [0.5, 0.6) is 0 Å². The molecule has 0 spiro atoms. The quantitative estimate of drug-likeness (QED) is 0.912. The summed E-state index contributed by atoms with van der Waals surface area (Å²) in [4.78, 5) is 12.2. The van der Waals surface area contributed by atoms with Gasteiger partial charge in [0.25, 0.3) is 5.56 Å². The highest BCUT2D eigenvalue weighted by Crippen LogP contribution is 2.34. The molecule has 1 fully saturated rings. The van der Waals surface area contributed by atoms with Gasteiger partial charge in [-0.2, -0.15) is 0 Å². The van der Waals surface area contributed by atoms with Crippen LogP contribution in [-0.4, -0.2) is 9.78 Å². The minimum Gasteiger partial charge on any atom is -0.393 e. The van der Waals surface area contributed by atoms with Gasteiger partial charge in [0.05, 0.1) is 12.2 Å². The third-order valence-electron chi connectivity index (χ3n) is 4.04. The molecule has 3 N–H and O–H groups in total. The lowest BCUT2D eigenvalue weighted by Gasteiger charge is -2.07. The van der Waals surface area contributed by atoms with Crippen LogP contribution in [0.3, 0.4) is 0 Å². The van der Waals surface area contributed by atoms with E-state index in [-0.39, 0.29) is 5.56 Å². The molecule has 3 rings (SSSR count). The smallest absolute Gasteiger partial charge is 0.290 e. The number of hydrogen-bond donors (Lipinski definition) is 2. The van der Waals surface area contributed by atoms with Crippen LogP contribution in [0.4, 0.5) is 5.69 Å². The summed E-state index contributed by atoms with van der Waals surface area (Å²) in [5, 5.41) is 3.89. The molecule has 0 amide bonds. The molecule has 20 heavy (non-hydrogen) atoms. The van der Waals surface area contributed by atoms with E-state index in [0.29, 0.717) is 23.2 Å². The summed E-state index contributed by atoms with van der Waals surface area (Å²) in [5.74, 6) is 0.411. The van der Waals surface area contributed by atoms with E-state index in [2.05, 4.69) is 5.10 Å². The summed E-state index contributed by atoms with van der Waals surface area (Å²) in [6.45, 7) is 0.493. The van der Waals surface area contributed by atoms with Gasteiger partial charge in [-0.1, -0.05) is 36.6 Å². The van der Waals surface area contributed by atoms with Gasteiger partial charge in [-0.15, -0.1) is 0 Å².